The van der Waals surface area contributed by atoms with Gasteiger partial charge in [-0.2, -0.15) is 12.6 Å². The normalized spacial score (nSPS) is 16.7. The molecule has 1 aromatic carbocycles. The van der Waals surface area contributed by atoms with Crippen molar-refractivity contribution >= 4 is 12.6 Å². The molecule has 2 heteroatoms. The van der Waals surface area contributed by atoms with Gasteiger partial charge in [0.25, 0.3) is 0 Å². The van der Waals surface area contributed by atoms with Gasteiger partial charge in [0.15, 0.2) is 0 Å². The zero-order valence-electron chi connectivity index (χ0n) is 9.10. The summed E-state index contributed by atoms with van der Waals surface area (Å²) in [6, 6.07) is 10.2. The molecule has 1 N–H and O–H groups in total. The zero-order valence-corrected chi connectivity index (χ0v) is 10.00. The Kier molecular flexibility index (Phi) is 6.53. The smallest absolute Gasteiger partial charge is 0.0540 e. The lowest BCUT2D eigenvalue weighted by Gasteiger charge is -2.14. The Labute approximate surface area is 97.9 Å². The predicted molar refractivity (Wildman–Crippen MR) is 68.2 cm³/mol. The van der Waals surface area contributed by atoms with Crippen molar-refractivity contribution < 1.29 is 5.11 Å². The van der Waals surface area contributed by atoms with Crippen LogP contribution in [-0.2, 0) is 5.75 Å². The average molecular weight is 224 g/mol. The molecule has 0 radical (unpaired) electrons. The third-order valence-corrected chi connectivity index (χ3v) is 2.97. The Morgan fingerprint density at radius 2 is 1.67 bits per heavy atom. The van der Waals surface area contributed by atoms with Gasteiger partial charge in [-0.1, -0.05) is 49.6 Å². The minimum Gasteiger partial charge on any atom is -0.393 e. The van der Waals surface area contributed by atoms with Crippen LogP contribution in [0, 0.1) is 0 Å². The number of thiol groups is 1. The molecule has 0 unspecified atom stereocenters. The van der Waals surface area contributed by atoms with E-state index in [1.807, 2.05) is 18.2 Å². The van der Waals surface area contributed by atoms with Gasteiger partial charge in [-0.25, -0.2) is 0 Å². The summed E-state index contributed by atoms with van der Waals surface area (Å²) in [6.07, 6.45) is 5.92. The van der Waals surface area contributed by atoms with E-state index in [0.29, 0.717) is 0 Å². The lowest BCUT2D eigenvalue weighted by Crippen LogP contribution is -2.09. The van der Waals surface area contributed by atoms with Gasteiger partial charge in [0.1, 0.15) is 0 Å². The summed E-state index contributed by atoms with van der Waals surface area (Å²) in [5, 5.41) is 8.91. The van der Waals surface area contributed by atoms with E-state index in [-0.39, 0.29) is 6.10 Å². The van der Waals surface area contributed by atoms with Gasteiger partial charge in [0.2, 0.25) is 0 Å². The quantitative estimate of drug-likeness (QED) is 0.700. The van der Waals surface area contributed by atoms with Gasteiger partial charge in [0, 0.05) is 5.75 Å². The largest absolute Gasteiger partial charge is 0.393 e. The van der Waals surface area contributed by atoms with E-state index in [1.54, 1.807) is 0 Å². The van der Waals surface area contributed by atoms with Crippen molar-refractivity contribution in [3.8, 4) is 0 Å². The number of rotatable bonds is 1. The zero-order chi connectivity index (χ0) is 10.9. The lowest BCUT2D eigenvalue weighted by atomic mass is 9.98. The van der Waals surface area contributed by atoms with E-state index in [1.165, 1.54) is 24.8 Å². The molecule has 1 aromatic rings. The maximum Gasteiger partial charge on any atom is 0.0540 e. The summed E-state index contributed by atoms with van der Waals surface area (Å²) >= 11 is 4.11. The topological polar surface area (TPSA) is 20.2 Å². The first-order valence-corrected chi connectivity index (χ1v) is 6.29. The first kappa shape index (κ1) is 12.6. The molecule has 0 bridgehead atoms. The van der Waals surface area contributed by atoms with Crippen molar-refractivity contribution in [2.75, 3.05) is 0 Å². The molecule has 0 spiro atoms. The van der Waals surface area contributed by atoms with E-state index in [2.05, 4.69) is 24.8 Å². The van der Waals surface area contributed by atoms with Crippen LogP contribution in [0.15, 0.2) is 30.3 Å². The third kappa shape index (κ3) is 5.85. The monoisotopic (exact) mass is 224 g/mol. The summed E-state index contributed by atoms with van der Waals surface area (Å²) < 4.78 is 0. The van der Waals surface area contributed by atoms with E-state index < -0.39 is 0 Å². The van der Waals surface area contributed by atoms with Gasteiger partial charge in [-0.05, 0) is 18.4 Å². The highest BCUT2D eigenvalue weighted by Crippen LogP contribution is 2.16. The van der Waals surface area contributed by atoms with Crippen LogP contribution in [0.1, 0.15) is 37.7 Å². The molecule has 1 fully saturated rings. The second-order valence-electron chi connectivity index (χ2n) is 3.94. The molecule has 1 nitrogen and oxygen atoms in total. The molecule has 84 valence electrons. The lowest BCUT2D eigenvalue weighted by molar-refractivity contribution is 0.130. The summed E-state index contributed by atoms with van der Waals surface area (Å²) in [5.74, 6) is 0.834. The van der Waals surface area contributed by atoms with Crippen LogP contribution in [0.5, 0.6) is 0 Å². The molecular weight excluding hydrogens is 204 g/mol. The summed E-state index contributed by atoms with van der Waals surface area (Å²) in [6.45, 7) is 0. The van der Waals surface area contributed by atoms with Crippen LogP contribution in [0.3, 0.4) is 0 Å². The van der Waals surface area contributed by atoms with E-state index in [9.17, 15) is 0 Å². The molecule has 1 aliphatic carbocycles. The fourth-order valence-electron chi connectivity index (χ4n) is 1.66. The van der Waals surface area contributed by atoms with Crippen LogP contribution < -0.4 is 0 Å². The van der Waals surface area contributed by atoms with Crippen LogP contribution in [0.25, 0.3) is 0 Å². The average Bonchev–Trinajstić information content (AvgIpc) is 2.32. The van der Waals surface area contributed by atoms with Gasteiger partial charge < -0.3 is 5.11 Å². The van der Waals surface area contributed by atoms with Crippen molar-refractivity contribution in [2.45, 2.75) is 44.0 Å². The number of hydrogen-bond donors (Lipinski definition) is 2. The van der Waals surface area contributed by atoms with Crippen molar-refractivity contribution in [3.05, 3.63) is 35.9 Å². The Bertz CT molecular complexity index is 242. The fourth-order valence-corrected chi connectivity index (χ4v) is 1.88. The highest BCUT2D eigenvalue weighted by Gasteiger charge is 2.07. The molecule has 0 atom stereocenters. The SMILES string of the molecule is OC1CCCCC1.SCc1ccccc1. The second-order valence-corrected chi connectivity index (χ2v) is 4.25. The Hall–Kier alpha value is -0.470. The summed E-state index contributed by atoms with van der Waals surface area (Å²) in [7, 11) is 0. The van der Waals surface area contributed by atoms with Crippen molar-refractivity contribution in [3.63, 3.8) is 0 Å². The van der Waals surface area contributed by atoms with Gasteiger partial charge in [0.05, 0.1) is 6.10 Å². The molecule has 0 amide bonds. The molecule has 1 saturated carbocycles. The van der Waals surface area contributed by atoms with Crippen molar-refractivity contribution in [1.82, 2.24) is 0 Å². The van der Waals surface area contributed by atoms with Crippen molar-refractivity contribution in [2.24, 2.45) is 0 Å². The molecule has 0 heterocycles. The van der Waals surface area contributed by atoms with Gasteiger partial charge in [-0.3, -0.25) is 0 Å². The van der Waals surface area contributed by atoms with Crippen LogP contribution in [-0.4, -0.2) is 11.2 Å². The first-order chi connectivity index (χ1) is 7.33. The molecule has 15 heavy (non-hydrogen) atoms. The number of aliphatic hydroxyl groups excluding tert-OH is 1. The first-order valence-electron chi connectivity index (χ1n) is 5.66. The number of benzene rings is 1. The Balaban J connectivity index is 0.000000151. The number of aliphatic hydroxyl groups is 1. The Morgan fingerprint density at radius 1 is 1.07 bits per heavy atom. The highest BCUT2D eigenvalue weighted by molar-refractivity contribution is 7.79. The van der Waals surface area contributed by atoms with Crippen LogP contribution in [0.4, 0.5) is 0 Å². The van der Waals surface area contributed by atoms with E-state index in [0.717, 1.165) is 18.6 Å². The molecule has 1 aliphatic rings. The standard InChI is InChI=1S/C7H8S.C6H12O/c8-6-7-4-2-1-3-5-7;7-6-4-2-1-3-5-6/h1-5,8H,6H2;6-7H,1-5H2. The summed E-state index contributed by atoms with van der Waals surface area (Å²) in [4.78, 5) is 0. The maximum absolute atomic E-state index is 8.91. The molecule has 0 aliphatic heterocycles. The number of hydrogen-bond acceptors (Lipinski definition) is 2. The summed E-state index contributed by atoms with van der Waals surface area (Å²) in [5.41, 5.74) is 1.27. The second kappa shape index (κ2) is 7.77. The molecule has 2 rings (SSSR count). The van der Waals surface area contributed by atoms with Gasteiger partial charge in [-0.15, -0.1) is 0 Å². The third-order valence-electron chi connectivity index (χ3n) is 2.60. The van der Waals surface area contributed by atoms with Crippen LogP contribution in [0.2, 0.25) is 0 Å². The highest BCUT2D eigenvalue weighted by atomic mass is 32.1. The molecule has 0 aromatic heterocycles. The Morgan fingerprint density at radius 3 is 2.00 bits per heavy atom. The van der Waals surface area contributed by atoms with Crippen LogP contribution >= 0.6 is 12.6 Å². The predicted octanol–water partition coefficient (Wildman–Crippen LogP) is 3.43. The minimum atomic E-state index is 0.0359. The molecule has 0 saturated heterocycles. The van der Waals surface area contributed by atoms with Crippen molar-refractivity contribution in [1.29, 1.82) is 0 Å². The van der Waals surface area contributed by atoms with E-state index >= 15 is 0 Å². The fraction of sp³-hybridized carbons (Fsp3) is 0.538. The van der Waals surface area contributed by atoms with E-state index in [4.69, 9.17) is 5.11 Å². The van der Waals surface area contributed by atoms with Gasteiger partial charge >= 0.3 is 0 Å². The minimum absolute atomic E-state index is 0.0359. The molecular formula is C13H20OS. The maximum atomic E-state index is 8.91.